The van der Waals surface area contributed by atoms with E-state index in [4.69, 9.17) is 10.4 Å². The molecule has 1 aliphatic heterocycles. The Morgan fingerprint density at radius 1 is 1.50 bits per heavy atom. The minimum atomic E-state index is -1.56. The predicted octanol–water partition coefficient (Wildman–Crippen LogP) is 1.44. The summed E-state index contributed by atoms with van der Waals surface area (Å²) in [7, 11) is 0. The van der Waals surface area contributed by atoms with Crippen LogP contribution >= 0.6 is 0 Å². The maximum absolute atomic E-state index is 11.2. The van der Waals surface area contributed by atoms with E-state index in [-0.39, 0.29) is 5.91 Å². The van der Waals surface area contributed by atoms with E-state index in [1.54, 1.807) is 18.2 Å². The number of amides is 1. The van der Waals surface area contributed by atoms with E-state index in [0.717, 1.165) is 5.56 Å². The molecule has 0 spiro atoms. The lowest BCUT2D eigenvalue weighted by molar-refractivity contribution is -0.141. The van der Waals surface area contributed by atoms with Crippen molar-refractivity contribution >= 4 is 17.6 Å². The van der Waals surface area contributed by atoms with E-state index in [1.165, 1.54) is 6.92 Å². The molecule has 0 aliphatic carbocycles. The largest absolute Gasteiger partial charge is 0.480 e. The summed E-state index contributed by atoms with van der Waals surface area (Å²) in [5, 5.41) is 20.9. The minimum absolute atomic E-state index is 0.0449. The van der Waals surface area contributed by atoms with E-state index >= 15 is 0 Å². The number of benzene rings is 1. The summed E-state index contributed by atoms with van der Waals surface area (Å²) in [5.41, 5.74) is 0.444. The average molecular weight is 244 g/mol. The zero-order valence-corrected chi connectivity index (χ0v) is 9.86. The molecule has 0 fully saturated rings. The number of hydrogen-bond acceptors (Lipinski definition) is 3. The second kappa shape index (κ2) is 4.15. The molecule has 1 atom stereocenters. The Morgan fingerprint density at radius 3 is 2.83 bits per heavy atom. The molecule has 5 nitrogen and oxygen atoms in total. The third-order valence-corrected chi connectivity index (χ3v) is 3.23. The van der Waals surface area contributed by atoms with Gasteiger partial charge in [0.05, 0.1) is 6.07 Å². The van der Waals surface area contributed by atoms with Gasteiger partial charge in [0.25, 0.3) is 0 Å². The highest BCUT2D eigenvalue weighted by Crippen LogP contribution is 2.30. The summed E-state index contributed by atoms with van der Waals surface area (Å²) in [6.07, 6.45) is 0.947. The van der Waals surface area contributed by atoms with Crippen molar-refractivity contribution in [2.24, 2.45) is 0 Å². The first-order valence-corrected chi connectivity index (χ1v) is 5.55. The summed E-state index contributed by atoms with van der Waals surface area (Å²) in [5.74, 6) is -1.22. The van der Waals surface area contributed by atoms with E-state index in [9.17, 15) is 9.59 Å². The maximum atomic E-state index is 11.2. The Kier molecular flexibility index (Phi) is 2.79. The molecule has 1 aromatic rings. The lowest BCUT2D eigenvalue weighted by Crippen LogP contribution is -2.31. The molecule has 0 aromatic heterocycles. The number of carbonyl (C=O) groups is 2. The molecule has 0 saturated heterocycles. The topological polar surface area (TPSA) is 90.2 Å². The van der Waals surface area contributed by atoms with Crippen LogP contribution in [0, 0.1) is 11.3 Å². The summed E-state index contributed by atoms with van der Waals surface area (Å²) in [6, 6.07) is 6.73. The van der Waals surface area contributed by atoms with Crippen LogP contribution in [0.25, 0.3) is 0 Å². The van der Waals surface area contributed by atoms with Crippen LogP contribution in [0.1, 0.15) is 24.5 Å². The Hall–Kier alpha value is -2.35. The number of carbonyl (C=O) groups excluding carboxylic acids is 1. The number of carboxylic acids is 1. The molecule has 92 valence electrons. The number of hydrogen-bond donors (Lipinski definition) is 2. The molecule has 1 aromatic carbocycles. The van der Waals surface area contributed by atoms with Crippen LogP contribution in [0.15, 0.2) is 18.2 Å². The van der Waals surface area contributed by atoms with Crippen molar-refractivity contribution < 1.29 is 14.7 Å². The lowest BCUT2D eigenvalue weighted by Gasteiger charge is -2.21. The number of anilines is 1. The highest BCUT2D eigenvalue weighted by molar-refractivity contribution is 5.94. The van der Waals surface area contributed by atoms with E-state index in [1.807, 2.05) is 6.07 Å². The summed E-state index contributed by atoms with van der Waals surface area (Å²) >= 11 is 0. The van der Waals surface area contributed by atoms with Gasteiger partial charge in [-0.2, -0.15) is 5.26 Å². The molecular formula is C13H12N2O3. The van der Waals surface area contributed by atoms with Crippen molar-refractivity contribution in [1.29, 1.82) is 5.26 Å². The van der Waals surface area contributed by atoms with Crippen LogP contribution in [0.5, 0.6) is 0 Å². The normalized spacial score (nSPS) is 17.0. The van der Waals surface area contributed by atoms with Gasteiger partial charge in [-0.15, -0.1) is 0 Å². The fraction of sp³-hybridized carbons (Fsp3) is 0.308. The highest BCUT2D eigenvalue weighted by Gasteiger charge is 2.36. The van der Waals surface area contributed by atoms with Gasteiger partial charge < -0.3 is 10.4 Å². The van der Waals surface area contributed by atoms with Gasteiger partial charge in [-0.05, 0) is 30.5 Å². The van der Waals surface area contributed by atoms with Crippen molar-refractivity contribution in [3.63, 3.8) is 0 Å². The van der Waals surface area contributed by atoms with Crippen molar-refractivity contribution in [2.45, 2.75) is 25.2 Å². The summed E-state index contributed by atoms with van der Waals surface area (Å²) < 4.78 is 0. The van der Waals surface area contributed by atoms with Gasteiger partial charge in [0, 0.05) is 12.1 Å². The van der Waals surface area contributed by atoms with Gasteiger partial charge in [-0.1, -0.05) is 12.1 Å². The quantitative estimate of drug-likeness (QED) is 0.823. The predicted molar refractivity (Wildman–Crippen MR) is 64.0 cm³/mol. The van der Waals surface area contributed by atoms with Gasteiger partial charge in [0.2, 0.25) is 5.91 Å². The van der Waals surface area contributed by atoms with Crippen molar-refractivity contribution in [3.8, 4) is 6.07 Å². The standard InChI is InChI=1S/C13H12N2O3/c1-13(7-14,12(17)18)9-3-4-10-8(6-9)2-5-11(16)15-10/h3-4,6H,2,5H2,1H3,(H,15,16)(H,17,18). The van der Waals surface area contributed by atoms with Gasteiger partial charge in [-0.25, -0.2) is 0 Å². The molecule has 1 unspecified atom stereocenters. The Bertz CT molecular complexity index is 574. The third kappa shape index (κ3) is 1.82. The highest BCUT2D eigenvalue weighted by atomic mass is 16.4. The number of aliphatic carboxylic acids is 1. The number of nitriles is 1. The number of fused-ring (bicyclic) bond motifs is 1. The van der Waals surface area contributed by atoms with Gasteiger partial charge in [-0.3, -0.25) is 9.59 Å². The fourth-order valence-electron chi connectivity index (χ4n) is 1.93. The van der Waals surface area contributed by atoms with E-state index in [2.05, 4.69) is 5.32 Å². The molecule has 1 aliphatic rings. The van der Waals surface area contributed by atoms with Crippen LogP contribution in [0.3, 0.4) is 0 Å². The van der Waals surface area contributed by atoms with Crippen LogP contribution in [0.2, 0.25) is 0 Å². The number of aryl methyl sites for hydroxylation is 1. The van der Waals surface area contributed by atoms with Crippen molar-refractivity contribution in [3.05, 3.63) is 29.3 Å². The van der Waals surface area contributed by atoms with Crippen LogP contribution in [0.4, 0.5) is 5.69 Å². The van der Waals surface area contributed by atoms with Crippen LogP contribution < -0.4 is 5.32 Å². The lowest BCUT2D eigenvalue weighted by atomic mass is 9.82. The zero-order valence-electron chi connectivity index (χ0n) is 9.86. The van der Waals surface area contributed by atoms with Crippen LogP contribution in [-0.4, -0.2) is 17.0 Å². The Labute approximate surface area is 104 Å². The number of carboxylic acid groups (broad SMARTS) is 1. The molecular weight excluding hydrogens is 232 g/mol. The van der Waals surface area contributed by atoms with Crippen molar-refractivity contribution in [1.82, 2.24) is 0 Å². The molecule has 2 N–H and O–H groups in total. The van der Waals surface area contributed by atoms with E-state index < -0.39 is 11.4 Å². The molecule has 0 saturated carbocycles. The molecule has 18 heavy (non-hydrogen) atoms. The first-order chi connectivity index (χ1) is 8.47. The third-order valence-electron chi connectivity index (χ3n) is 3.23. The molecule has 1 heterocycles. The fourth-order valence-corrected chi connectivity index (χ4v) is 1.93. The minimum Gasteiger partial charge on any atom is -0.480 e. The molecule has 2 rings (SSSR count). The zero-order chi connectivity index (χ0) is 13.3. The molecule has 0 radical (unpaired) electrons. The SMILES string of the molecule is CC(C#N)(C(=O)O)c1ccc2c(c1)CCC(=O)N2. The molecule has 0 bridgehead atoms. The number of rotatable bonds is 2. The number of nitrogens with zero attached hydrogens (tertiary/aromatic N) is 1. The smallest absolute Gasteiger partial charge is 0.328 e. The van der Waals surface area contributed by atoms with Gasteiger partial charge >= 0.3 is 5.97 Å². The first kappa shape index (κ1) is 12.1. The summed E-state index contributed by atoms with van der Waals surface area (Å²) in [6.45, 7) is 1.37. The second-order valence-electron chi connectivity index (χ2n) is 4.46. The Balaban J connectivity index is 2.47. The molecule has 5 heteroatoms. The van der Waals surface area contributed by atoms with Gasteiger partial charge in [0.15, 0.2) is 5.41 Å². The van der Waals surface area contributed by atoms with Gasteiger partial charge in [0.1, 0.15) is 0 Å². The van der Waals surface area contributed by atoms with Crippen molar-refractivity contribution in [2.75, 3.05) is 5.32 Å². The first-order valence-electron chi connectivity index (χ1n) is 5.55. The number of nitrogens with one attached hydrogen (secondary N) is 1. The maximum Gasteiger partial charge on any atom is 0.328 e. The average Bonchev–Trinajstić information content (AvgIpc) is 2.36. The summed E-state index contributed by atoms with van der Waals surface area (Å²) in [4.78, 5) is 22.4. The molecule has 1 amide bonds. The monoisotopic (exact) mass is 244 g/mol. The Morgan fingerprint density at radius 2 is 2.22 bits per heavy atom. The van der Waals surface area contributed by atoms with Crippen LogP contribution in [-0.2, 0) is 21.4 Å². The second-order valence-corrected chi connectivity index (χ2v) is 4.46. The van der Waals surface area contributed by atoms with E-state index in [0.29, 0.717) is 24.1 Å².